The van der Waals surface area contributed by atoms with Crippen molar-refractivity contribution in [2.75, 3.05) is 57.5 Å². The first-order valence-corrected chi connectivity index (χ1v) is 14.1. The zero-order valence-electron chi connectivity index (χ0n) is 24.1. The van der Waals surface area contributed by atoms with Crippen molar-refractivity contribution in [2.45, 2.75) is 37.6 Å². The number of aliphatic imine (C=N–C) groups is 1. The molecular formula is C27H41ClN8O8. The minimum absolute atomic E-state index is 0.0925. The number of aryl methyl sites for hydroxylation is 1. The normalized spacial score (nSPS) is 14.3. The summed E-state index contributed by atoms with van der Waals surface area (Å²) in [6.07, 6.45) is -0.676. The molecule has 16 nitrogen and oxygen atoms in total. The molecule has 0 aliphatic carbocycles. The number of rotatable bonds is 18. The maximum Gasteiger partial charge on any atom is 0.280 e. The van der Waals surface area contributed by atoms with Gasteiger partial charge in [0.05, 0.1) is 19.3 Å². The van der Waals surface area contributed by atoms with Crippen molar-refractivity contribution < 1.29 is 40.2 Å². The number of unbranched alkanes of at least 4 members (excludes halogenated alkanes) is 1. The van der Waals surface area contributed by atoms with Crippen molar-refractivity contribution in [3.63, 3.8) is 0 Å². The van der Waals surface area contributed by atoms with Crippen LogP contribution in [0.5, 0.6) is 5.75 Å². The Bertz CT molecular complexity index is 1250. The number of carbonyl (C=O) groups excluding carboxylic acids is 1. The molecule has 44 heavy (non-hydrogen) atoms. The zero-order valence-corrected chi connectivity index (χ0v) is 24.8. The van der Waals surface area contributed by atoms with Gasteiger partial charge in [0, 0.05) is 26.2 Å². The summed E-state index contributed by atoms with van der Waals surface area (Å²) in [5.74, 6) is -0.919. The number of guanidine groups is 1. The Morgan fingerprint density at radius 1 is 1.07 bits per heavy atom. The summed E-state index contributed by atoms with van der Waals surface area (Å²) in [5, 5.41) is 59.9. The van der Waals surface area contributed by atoms with E-state index in [0.717, 1.165) is 24.5 Å². The molecule has 0 aliphatic rings. The van der Waals surface area contributed by atoms with Gasteiger partial charge >= 0.3 is 0 Å². The lowest BCUT2D eigenvalue weighted by molar-refractivity contribution is -0.0356. The van der Waals surface area contributed by atoms with Gasteiger partial charge in [0.1, 0.15) is 30.3 Å². The number of nitrogens with two attached hydrogens (primary N) is 3. The van der Waals surface area contributed by atoms with Crippen molar-refractivity contribution in [1.82, 2.24) is 20.2 Å². The average molecular weight is 641 g/mol. The number of amides is 1. The number of benzene rings is 1. The molecule has 0 fully saturated rings. The van der Waals surface area contributed by atoms with Crippen LogP contribution in [0.1, 0.15) is 28.9 Å². The van der Waals surface area contributed by atoms with E-state index in [1.165, 1.54) is 0 Å². The van der Waals surface area contributed by atoms with Gasteiger partial charge in [0.25, 0.3) is 5.91 Å². The number of aliphatic hydroxyl groups is 6. The first-order valence-electron chi connectivity index (χ1n) is 13.7. The minimum atomic E-state index is -1.37. The van der Waals surface area contributed by atoms with Crippen molar-refractivity contribution >= 4 is 35.1 Å². The maximum atomic E-state index is 12.3. The summed E-state index contributed by atoms with van der Waals surface area (Å²) in [5.41, 5.74) is 17.8. The van der Waals surface area contributed by atoms with E-state index in [0.29, 0.717) is 18.7 Å². The number of ether oxygens (including phenoxy) is 1. The highest BCUT2D eigenvalue weighted by Crippen LogP contribution is 2.17. The van der Waals surface area contributed by atoms with E-state index in [4.69, 9.17) is 43.8 Å². The number of aliphatic hydroxyl groups excluding tert-OH is 6. The molecule has 0 aliphatic heterocycles. The number of hydrogen-bond acceptors (Lipinski definition) is 14. The molecule has 0 bridgehead atoms. The molecule has 1 aromatic carbocycles. The summed E-state index contributed by atoms with van der Waals surface area (Å²) >= 11 is 5.79. The number of nitrogen functional groups attached to an aromatic ring is 2. The Labute approximate surface area is 259 Å². The van der Waals surface area contributed by atoms with Crippen LogP contribution in [0.2, 0.25) is 5.15 Å². The van der Waals surface area contributed by atoms with Crippen LogP contribution >= 0.6 is 11.6 Å². The molecule has 2 aromatic rings. The second kappa shape index (κ2) is 18.8. The van der Waals surface area contributed by atoms with E-state index >= 15 is 0 Å². The van der Waals surface area contributed by atoms with Crippen LogP contribution < -0.4 is 27.3 Å². The SMILES string of the molecule is NC(=NCCCCc1ccc(OCCN(C[C@H](O)C(O)=CCO)C[C@H](O)[C@H](O)CO)cc1)NC(=O)c1nc(Cl)c(N)nc1N. The fourth-order valence-corrected chi connectivity index (χ4v) is 3.97. The second-order valence-corrected chi connectivity index (χ2v) is 10.1. The zero-order chi connectivity index (χ0) is 32.6. The van der Waals surface area contributed by atoms with Crippen molar-refractivity contribution in [2.24, 2.45) is 10.7 Å². The van der Waals surface area contributed by atoms with E-state index in [2.05, 4.69) is 20.3 Å². The Morgan fingerprint density at radius 2 is 1.77 bits per heavy atom. The van der Waals surface area contributed by atoms with Crippen LogP contribution in [-0.2, 0) is 6.42 Å². The summed E-state index contributed by atoms with van der Waals surface area (Å²) in [6, 6.07) is 7.44. The topological polar surface area (TPSA) is 279 Å². The predicted molar refractivity (Wildman–Crippen MR) is 164 cm³/mol. The van der Waals surface area contributed by atoms with Crippen molar-refractivity contribution in [3.8, 4) is 5.75 Å². The number of nitrogens with one attached hydrogen (secondary N) is 1. The van der Waals surface area contributed by atoms with Gasteiger partial charge in [-0.05, 0) is 43.0 Å². The number of carbonyl (C=O) groups is 1. The van der Waals surface area contributed by atoms with Gasteiger partial charge in [-0.25, -0.2) is 9.97 Å². The Balaban J connectivity index is 1.78. The molecule has 1 heterocycles. The molecule has 0 spiro atoms. The van der Waals surface area contributed by atoms with Gasteiger partial charge < -0.3 is 52.6 Å². The molecule has 244 valence electrons. The number of aromatic nitrogens is 2. The van der Waals surface area contributed by atoms with Crippen LogP contribution in [0.15, 0.2) is 41.1 Å². The molecular weight excluding hydrogens is 600 g/mol. The number of anilines is 2. The highest BCUT2D eigenvalue weighted by molar-refractivity contribution is 6.31. The molecule has 17 heteroatoms. The number of hydrogen-bond donors (Lipinski definition) is 10. The minimum Gasteiger partial charge on any atom is -0.510 e. The van der Waals surface area contributed by atoms with Crippen LogP contribution in [0, 0.1) is 0 Å². The largest absolute Gasteiger partial charge is 0.510 e. The quantitative estimate of drug-likeness (QED) is 0.0386. The summed E-state index contributed by atoms with van der Waals surface area (Å²) in [6.45, 7) is -0.537. The van der Waals surface area contributed by atoms with Gasteiger partial charge in [0.2, 0.25) is 0 Å². The third-order valence-corrected chi connectivity index (χ3v) is 6.54. The van der Waals surface area contributed by atoms with Crippen LogP contribution in [-0.4, -0.2) is 122 Å². The Kier molecular flexibility index (Phi) is 15.6. The fourth-order valence-electron chi connectivity index (χ4n) is 3.84. The molecule has 13 N–H and O–H groups in total. The van der Waals surface area contributed by atoms with E-state index in [1.807, 2.05) is 12.1 Å². The van der Waals surface area contributed by atoms with Crippen molar-refractivity contribution in [1.29, 1.82) is 0 Å². The third-order valence-electron chi connectivity index (χ3n) is 6.27. The lowest BCUT2D eigenvalue weighted by atomic mass is 10.1. The molecule has 0 radical (unpaired) electrons. The molecule has 0 saturated heterocycles. The van der Waals surface area contributed by atoms with Crippen LogP contribution in [0.25, 0.3) is 0 Å². The molecule has 2 rings (SSSR count). The molecule has 1 aromatic heterocycles. The predicted octanol–water partition coefficient (Wildman–Crippen LogP) is -1.45. The fraction of sp³-hybridized carbons (Fsp3) is 0.481. The highest BCUT2D eigenvalue weighted by Gasteiger charge is 2.22. The summed E-state index contributed by atoms with van der Waals surface area (Å²) in [4.78, 5) is 25.5. The van der Waals surface area contributed by atoms with Gasteiger partial charge in [-0.15, -0.1) is 0 Å². The first-order chi connectivity index (χ1) is 20.9. The van der Waals surface area contributed by atoms with E-state index in [1.54, 1.807) is 17.0 Å². The highest BCUT2D eigenvalue weighted by atomic mass is 35.5. The standard InChI is InChI=1S/C27H41ClN8O8/c28-23-25(30)34-24(29)22(33-23)26(43)35-27(31)32-9-2-1-3-16-4-6-17(7-5-16)44-12-10-36(14-20(41)21(42)15-38)13-19(40)18(39)8-11-37/h4-8,19-21,37-42H,1-3,9-15H2,(H4,29,30,34)(H3,31,32,35,43)/t19-,20-,21+/m0/s1. The Hall–Kier alpha value is -3.77. The molecule has 0 unspecified atom stereocenters. The number of halogens is 1. The summed E-state index contributed by atoms with van der Waals surface area (Å²) < 4.78 is 5.77. The average Bonchev–Trinajstić information content (AvgIpc) is 2.98. The smallest absolute Gasteiger partial charge is 0.280 e. The van der Waals surface area contributed by atoms with E-state index in [9.17, 15) is 25.2 Å². The van der Waals surface area contributed by atoms with Gasteiger partial charge in [-0.1, -0.05) is 23.7 Å². The van der Waals surface area contributed by atoms with Gasteiger partial charge in [0.15, 0.2) is 28.4 Å². The van der Waals surface area contributed by atoms with Crippen LogP contribution in [0.3, 0.4) is 0 Å². The lowest BCUT2D eigenvalue weighted by Crippen LogP contribution is -2.45. The molecule has 0 saturated carbocycles. The first kappa shape index (κ1) is 36.4. The molecule has 1 amide bonds. The van der Waals surface area contributed by atoms with Gasteiger partial charge in [-0.2, -0.15) is 0 Å². The lowest BCUT2D eigenvalue weighted by Gasteiger charge is -2.28. The number of nitrogens with zero attached hydrogens (tertiary/aromatic N) is 4. The Morgan fingerprint density at radius 3 is 2.43 bits per heavy atom. The van der Waals surface area contributed by atoms with Crippen molar-refractivity contribution in [3.05, 3.63) is 52.5 Å². The van der Waals surface area contributed by atoms with E-state index in [-0.39, 0.29) is 54.7 Å². The van der Waals surface area contributed by atoms with E-state index < -0.39 is 43.2 Å². The molecule has 3 atom stereocenters. The van der Waals surface area contributed by atoms with Crippen LogP contribution in [0.4, 0.5) is 11.6 Å². The summed E-state index contributed by atoms with van der Waals surface area (Å²) in [7, 11) is 0. The second-order valence-electron chi connectivity index (χ2n) is 9.71. The monoisotopic (exact) mass is 640 g/mol. The maximum absolute atomic E-state index is 12.3. The van der Waals surface area contributed by atoms with Gasteiger partial charge in [-0.3, -0.25) is 20.0 Å². The third kappa shape index (κ3) is 12.5.